The zero-order valence-corrected chi connectivity index (χ0v) is 12.9. The number of nitrogens with one attached hydrogen (secondary N) is 1. The topological polar surface area (TPSA) is 93.2 Å². The number of fused-ring (bicyclic) bond motifs is 3. The van der Waals surface area contributed by atoms with Crippen molar-refractivity contribution in [2.24, 2.45) is 11.7 Å². The minimum atomic E-state index is -3.48. The molecule has 0 amide bonds. The molecule has 21 heavy (non-hydrogen) atoms. The van der Waals surface area contributed by atoms with E-state index in [0.717, 1.165) is 38.9 Å². The van der Waals surface area contributed by atoms with Gasteiger partial charge < -0.3 is 10.6 Å². The standard InChI is InChI=1S/C13H23N5O2S/c14-4-1-5-18-9-12(8-15-18)21(19,20)16-13-10-17-6-2-11(13)3-7-17/h8-9,11,13,16H,1-7,10,14H2. The maximum absolute atomic E-state index is 12.5. The Hall–Kier alpha value is -0.960. The molecule has 1 unspecified atom stereocenters. The number of nitrogens with zero attached hydrogens (tertiary/aromatic N) is 3. The summed E-state index contributed by atoms with van der Waals surface area (Å²) in [6.07, 6.45) is 5.96. The summed E-state index contributed by atoms with van der Waals surface area (Å²) < 4.78 is 29.4. The van der Waals surface area contributed by atoms with Crippen molar-refractivity contribution in [1.29, 1.82) is 0 Å². The molecular weight excluding hydrogens is 290 g/mol. The van der Waals surface area contributed by atoms with E-state index in [-0.39, 0.29) is 10.9 Å². The second-order valence-electron chi connectivity index (χ2n) is 5.95. The molecule has 8 heteroatoms. The fourth-order valence-corrected chi connectivity index (χ4v) is 4.47. The number of hydrogen-bond acceptors (Lipinski definition) is 5. The fraction of sp³-hybridized carbons (Fsp3) is 0.769. The Morgan fingerprint density at radius 1 is 1.38 bits per heavy atom. The normalized spacial score (nSPS) is 28.9. The second kappa shape index (κ2) is 6.04. The van der Waals surface area contributed by atoms with Crippen molar-refractivity contribution < 1.29 is 8.42 Å². The molecule has 7 nitrogen and oxygen atoms in total. The minimum Gasteiger partial charge on any atom is -0.330 e. The predicted octanol–water partition coefficient (Wildman–Crippen LogP) is -0.396. The molecule has 118 valence electrons. The maximum atomic E-state index is 12.5. The van der Waals surface area contributed by atoms with Gasteiger partial charge in [0.15, 0.2) is 0 Å². The summed E-state index contributed by atoms with van der Waals surface area (Å²) in [5.41, 5.74) is 5.45. The largest absolute Gasteiger partial charge is 0.330 e. The van der Waals surface area contributed by atoms with E-state index in [1.807, 2.05) is 0 Å². The van der Waals surface area contributed by atoms with Crippen molar-refractivity contribution in [3.05, 3.63) is 12.4 Å². The first-order valence-electron chi connectivity index (χ1n) is 7.56. The van der Waals surface area contributed by atoms with E-state index in [0.29, 0.717) is 19.0 Å². The van der Waals surface area contributed by atoms with Crippen LogP contribution in [0.25, 0.3) is 0 Å². The van der Waals surface area contributed by atoms with Crippen LogP contribution in [-0.2, 0) is 16.6 Å². The highest BCUT2D eigenvalue weighted by Gasteiger charge is 2.36. The Kier molecular flexibility index (Phi) is 4.30. The van der Waals surface area contributed by atoms with Crippen LogP contribution in [0, 0.1) is 5.92 Å². The fourth-order valence-electron chi connectivity index (χ4n) is 3.22. The molecule has 3 aliphatic rings. The molecule has 0 spiro atoms. The van der Waals surface area contributed by atoms with E-state index in [1.54, 1.807) is 10.9 Å². The van der Waals surface area contributed by atoms with E-state index in [2.05, 4.69) is 14.7 Å². The Balaban J connectivity index is 1.67. The molecule has 3 fully saturated rings. The monoisotopic (exact) mass is 313 g/mol. The zero-order valence-electron chi connectivity index (χ0n) is 12.1. The molecule has 1 aromatic rings. The van der Waals surface area contributed by atoms with Crippen molar-refractivity contribution >= 4 is 10.0 Å². The number of aryl methyl sites for hydroxylation is 1. The maximum Gasteiger partial charge on any atom is 0.243 e. The quantitative estimate of drug-likeness (QED) is 0.746. The van der Waals surface area contributed by atoms with Crippen LogP contribution >= 0.6 is 0 Å². The molecule has 3 saturated heterocycles. The Morgan fingerprint density at radius 2 is 2.14 bits per heavy atom. The van der Waals surface area contributed by atoms with Crippen LogP contribution in [0.3, 0.4) is 0 Å². The Labute approximate surface area is 125 Å². The lowest BCUT2D eigenvalue weighted by atomic mass is 9.85. The summed E-state index contributed by atoms with van der Waals surface area (Å²) in [5.74, 6) is 0.470. The van der Waals surface area contributed by atoms with E-state index < -0.39 is 10.0 Å². The van der Waals surface area contributed by atoms with E-state index in [4.69, 9.17) is 5.73 Å². The SMILES string of the molecule is NCCCn1cc(S(=O)(=O)NC2CN3CCC2CC3)cn1. The highest BCUT2D eigenvalue weighted by Crippen LogP contribution is 2.28. The highest BCUT2D eigenvalue weighted by atomic mass is 32.2. The highest BCUT2D eigenvalue weighted by molar-refractivity contribution is 7.89. The Bertz CT molecular complexity index is 577. The number of hydrogen-bond donors (Lipinski definition) is 2. The number of piperidine rings is 3. The van der Waals surface area contributed by atoms with E-state index in [1.165, 1.54) is 6.20 Å². The lowest BCUT2D eigenvalue weighted by molar-refractivity contribution is 0.0827. The van der Waals surface area contributed by atoms with Crippen molar-refractivity contribution in [3.8, 4) is 0 Å². The smallest absolute Gasteiger partial charge is 0.243 e. The molecule has 1 atom stereocenters. The van der Waals surface area contributed by atoms with Crippen LogP contribution in [0.1, 0.15) is 19.3 Å². The third-order valence-electron chi connectivity index (χ3n) is 4.47. The van der Waals surface area contributed by atoms with Crippen LogP contribution in [0.2, 0.25) is 0 Å². The van der Waals surface area contributed by atoms with Gasteiger partial charge in [-0.3, -0.25) is 4.68 Å². The van der Waals surface area contributed by atoms with E-state index in [9.17, 15) is 8.42 Å². The van der Waals surface area contributed by atoms with Crippen LogP contribution in [0.4, 0.5) is 0 Å². The molecule has 0 aliphatic carbocycles. The molecule has 4 rings (SSSR count). The van der Waals surface area contributed by atoms with Crippen molar-refractivity contribution in [3.63, 3.8) is 0 Å². The molecule has 0 radical (unpaired) electrons. The van der Waals surface area contributed by atoms with Crippen LogP contribution in [-0.4, -0.2) is 55.3 Å². The summed E-state index contributed by atoms with van der Waals surface area (Å²) in [4.78, 5) is 2.58. The molecule has 0 saturated carbocycles. The lowest BCUT2D eigenvalue weighted by Crippen LogP contribution is -2.57. The third-order valence-corrected chi connectivity index (χ3v) is 5.92. The molecule has 0 aromatic carbocycles. The van der Waals surface area contributed by atoms with E-state index >= 15 is 0 Å². The molecule has 3 N–H and O–H groups in total. The van der Waals surface area contributed by atoms with Gasteiger partial charge in [-0.25, -0.2) is 13.1 Å². The van der Waals surface area contributed by atoms with Gasteiger partial charge in [0.25, 0.3) is 0 Å². The van der Waals surface area contributed by atoms with Gasteiger partial charge in [-0.15, -0.1) is 0 Å². The van der Waals surface area contributed by atoms with Gasteiger partial charge in [0.05, 0.1) is 6.20 Å². The Morgan fingerprint density at radius 3 is 2.76 bits per heavy atom. The van der Waals surface area contributed by atoms with Crippen molar-refractivity contribution in [1.82, 2.24) is 19.4 Å². The first-order chi connectivity index (χ1) is 10.1. The van der Waals surface area contributed by atoms with Gasteiger partial charge in [0, 0.05) is 25.3 Å². The van der Waals surface area contributed by atoms with Gasteiger partial charge in [-0.1, -0.05) is 0 Å². The molecule has 1 aromatic heterocycles. The minimum absolute atomic E-state index is 0.0323. The van der Waals surface area contributed by atoms with Gasteiger partial charge in [0.1, 0.15) is 4.90 Å². The summed E-state index contributed by atoms with van der Waals surface area (Å²) in [6, 6.07) is 0.0323. The second-order valence-corrected chi connectivity index (χ2v) is 7.66. The third kappa shape index (κ3) is 3.28. The van der Waals surface area contributed by atoms with Gasteiger partial charge in [-0.05, 0) is 44.8 Å². The summed E-state index contributed by atoms with van der Waals surface area (Å²) in [7, 11) is -3.48. The van der Waals surface area contributed by atoms with Crippen LogP contribution in [0.5, 0.6) is 0 Å². The average molecular weight is 313 g/mol. The van der Waals surface area contributed by atoms with Gasteiger partial charge >= 0.3 is 0 Å². The van der Waals surface area contributed by atoms with Crippen molar-refractivity contribution in [2.45, 2.75) is 36.7 Å². The van der Waals surface area contributed by atoms with Gasteiger partial charge in [-0.2, -0.15) is 5.10 Å². The van der Waals surface area contributed by atoms with Crippen LogP contribution < -0.4 is 10.5 Å². The number of rotatable bonds is 6. The first-order valence-corrected chi connectivity index (χ1v) is 9.04. The molecule has 4 heterocycles. The summed E-state index contributed by atoms with van der Waals surface area (Å²) in [5, 5.41) is 4.09. The molecular formula is C13H23N5O2S. The lowest BCUT2D eigenvalue weighted by Gasteiger charge is -2.44. The first kappa shape index (κ1) is 15.0. The number of sulfonamides is 1. The molecule has 2 bridgehead atoms. The zero-order chi connectivity index (χ0) is 14.9. The van der Waals surface area contributed by atoms with Crippen molar-refractivity contribution in [2.75, 3.05) is 26.2 Å². The van der Waals surface area contributed by atoms with Crippen LogP contribution in [0.15, 0.2) is 17.3 Å². The van der Waals surface area contributed by atoms with Gasteiger partial charge in [0.2, 0.25) is 10.0 Å². The molecule has 3 aliphatic heterocycles. The predicted molar refractivity (Wildman–Crippen MR) is 79.2 cm³/mol. The summed E-state index contributed by atoms with van der Waals surface area (Å²) in [6.45, 7) is 4.23. The number of nitrogens with two attached hydrogens (primary N) is 1. The average Bonchev–Trinajstić information content (AvgIpc) is 2.96. The summed E-state index contributed by atoms with van der Waals surface area (Å²) >= 11 is 0. The number of aromatic nitrogens is 2.